The fourth-order valence-corrected chi connectivity index (χ4v) is 1.79. The van der Waals surface area contributed by atoms with Gasteiger partial charge in [-0.15, -0.1) is 0 Å². The minimum atomic E-state index is -0.416. The average molecular weight is 315 g/mol. The molecule has 6 heteroatoms. The second kappa shape index (κ2) is 6.51. The van der Waals surface area contributed by atoms with Gasteiger partial charge in [-0.05, 0) is 35.0 Å². The van der Waals surface area contributed by atoms with E-state index in [-0.39, 0.29) is 12.5 Å². The lowest BCUT2D eigenvalue weighted by molar-refractivity contribution is -0.885. The lowest BCUT2D eigenvalue weighted by Gasteiger charge is -2.18. The highest BCUT2D eigenvalue weighted by Gasteiger charge is 2.21. The first-order chi connectivity index (χ1) is 8.41. The molecule has 0 radical (unpaired) electrons. The van der Waals surface area contributed by atoms with Crippen molar-refractivity contribution in [3.05, 3.63) is 28.7 Å². The highest BCUT2D eigenvalue weighted by atomic mass is 79.9. The summed E-state index contributed by atoms with van der Waals surface area (Å²) < 4.78 is 0.818. The summed E-state index contributed by atoms with van der Waals surface area (Å²) >= 11 is 3.35. The zero-order valence-corrected chi connectivity index (χ0v) is 12.0. The molecule has 5 nitrogen and oxygen atoms in total. The maximum absolute atomic E-state index is 11.8. The molecule has 0 aliphatic carbocycles. The summed E-state index contributed by atoms with van der Waals surface area (Å²) in [7, 11) is 1.76. The van der Waals surface area contributed by atoms with Gasteiger partial charge < -0.3 is 16.0 Å². The van der Waals surface area contributed by atoms with Crippen LogP contribution in [0.3, 0.4) is 0 Å². The van der Waals surface area contributed by atoms with Gasteiger partial charge >= 0.3 is 0 Å². The number of para-hydroxylation sites is 1. The third kappa shape index (κ3) is 4.12. The molecule has 2 atom stereocenters. The Hall–Kier alpha value is -1.40. The van der Waals surface area contributed by atoms with Crippen molar-refractivity contribution in [2.75, 3.05) is 18.9 Å². The molecule has 1 aromatic carbocycles. The number of carbonyl (C=O) groups is 2. The van der Waals surface area contributed by atoms with Gasteiger partial charge in [0, 0.05) is 4.47 Å². The standard InChI is InChI=1S/C12H16BrN3O2/c1-8(12(14)18)16(2)7-11(17)15-10-6-4-3-5-9(10)13/h3-6,8H,7H2,1-2H3,(H2,14,18)(H,15,17)/p+1/t8-/m1/s1. The minimum absolute atomic E-state index is 0.160. The highest BCUT2D eigenvalue weighted by molar-refractivity contribution is 9.10. The van der Waals surface area contributed by atoms with E-state index in [9.17, 15) is 9.59 Å². The maximum Gasteiger partial charge on any atom is 0.279 e. The molecule has 98 valence electrons. The minimum Gasteiger partial charge on any atom is -0.365 e. The summed E-state index contributed by atoms with van der Waals surface area (Å²) in [4.78, 5) is 23.6. The van der Waals surface area contributed by atoms with Crippen molar-refractivity contribution in [2.45, 2.75) is 13.0 Å². The van der Waals surface area contributed by atoms with Gasteiger partial charge in [0.15, 0.2) is 12.6 Å². The number of quaternary nitrogens is 1. The molecular formula is C12H17BrN3O2+. The number of carbonyl (C=O) groups excluding carboxylic acids is 2. The van der Waals surface area contributed by atoms with Crippen molar-refractivity contribution in [1.82, 2.24) is 0 Å². The first-order valence-electron chi connectivity index (χ1n) is 5.58. The first kappa shape index (κ1) is 14.7. The van der Waals surface area contributed by atoms with E-state index < -0.39 is 11.9 Å². The van der Waals surface area contributed by atoms with Gasteiger partial charge in [0.25, 0.3) is 11.8 Å². The summed E-state index contributed by atoms with van der Waals surface area (Å²) in [6, 6.07) is 6.96. The Morgan fingerprint density at radius 2 is 2.06 bits per heavy atom. The molecule has 0 fully saturated rings. The van der Waals surface area contributed by atoms with Crippen LogP contribution in [-0.4, -0.2) is 31.4 Å². The molecule has 0 aliphatic rings. The molecule has 0 saturated carbocycles. The van der Waals surface area contributed by atoms with Crippen LogP contribution in [0, 0.1) is 0 Å². The topological polar surface area (TPSA) is 76.6 Å². The van der Waals surface area contributed by atoms with Gasteiger partial charge in [-0.1, -0.05) is 12.1 Å². The summed E-state index contributed by atoms with van der Waals surface area (Å²) in [6.45, 7) is 1.88. The van der Waals surface area contributed by atoms with E-state index in [1.165, 1.54) is 0 Å². The average Bonchev–Trinajstić information content (AvgIpc) is 2.30. The van der Waals surface area contributed by atoms with Crippen LogP contribution < -0.4 is 16.0 Å². The molecule has 1 rings (SSSR count). The quantitative estimate of drug-likeness (QED) is 0.702. The fourth-order valence-electron chi connectivity index (χ4n) is 1.41. The number of primary amides is 1. The predicted octanol–water partition coefficient (Wildman–Crippen LogP) is -0.224. The lowest BCUT2D eigenvalue weighted by Crippen LogP contribution is -3.15. The second-order valence-corrected chi connectivity index (χ2v) is 5.03. The molecule has 1 unspecified atom stereocenters. The number of likely N-dealkylation sites (N-methyl/N-ethyl adjacent to an activating group) is 1. The Balaban J connectivity index is 2.57. The van der Waals surface area contributed by atoms with Crippen LogP contribution in [0.1, 0.15) is 6.92 Å². The monoisotopic (exact) mass is 314 g/mol. The number of anilines is 1. The van der Waals surface area contributed by atoms with Gasteiger partial charge in [-0.25, -0.2) is 0 Å². The van der Waals surface area contributed by atoms with E-state index in [1.54, 1.807) is 20.0 Å². The number of hydrogen-bond acceptors (Lipinski definition) is 2. The Morgan fingerprint density at radius 3 is 2.61 bits per heavy atom. The predicted molar refractivity (Wildman–Crippen MR) is 73.2 cm³/mol. The molecule has 0 heterocycles. The third-order valence-electron chi connectivity index (χ3n) is 2.75. The molecule has 0 aromatic heterocycles. The molecule has 0 saturated heterocycles. The summed E-state index contributed by atoms with van der Waals surface area (Å²) in [5, 5.41) is 2.78. The normalized spacial score (nSPS) is 13.7. The number of rotatable bonds is 5. The largest absolute Gasteiger partial charge is 0.365 e. The zero-order valence-electron chi connectivity index (χ0n) is 10.4. The smallest absolute Gasteiger partial charge is 0.279 e. The molecular weight excluding hydrogens is 298 g/mol. The molecule has 1 aromatic rings. The lowest BCUT2D eigenvalue weighted by atomic mass is 10.3. The summed E-state index contributed by atoms with van der Waals surface area (Å²) in [5.74, 6) is -0.575. The Labute approximate surface area is 114 Å². The highest BCUT2D eigenvalue weighted by Crippen LogP contribution is 2.20. The molecule has 4 N–H and O–H groups in total. The fraction of sp³-hybridized carbons (Fsp3) is 0.333. The number of halogens is 1. The van der Waals surface area contributed by atoms with Crippen molar-refractivity contribution in [2.24, 2.45) is 5.73 Å². The number of benzene rings is 1. The van der Waals surface area contributed by atoms with Crippen molar-refractivity contribution < 1.29 is 14.5 Å². The molecule has 18 heavy (non-hydrogen) atoms. The van der Waals surface area contributed by atoms with Gasteiger partial charge in [-0.3, -0.25) is 9.59 Å². The van der Waals surface area contributed by atoms with Crippen molar-refractivity contribution in [1.29, 1.82) is 0 Å². The molecule has 0 bridgehead atoms. The second-order valence-electron chi connectivity index (χ2n) is 4.18. The van der Waals surface area contributed by atoms with Crippen molar-refractivity contribution >= 4 is 33.4 Å². The van der Waals surface area contributed by atoms with E-state index in [1.807, 2.05) is 18.2 Å². The third-order valence-corrected chi connectivity index (χ3v) is 3.44. The summed E-state index contributed by atoms with van der Waals surface area (Å²) in [6.07, 6.45) is 0. The van der Waals surface area contributed by atoms with E-state index >= 15 is 0 Å². The molecule has 0 spiro atoms. The molecule has 0 aliphatic heterocycles. The van der Waals surface area contributed by atoms with Crippen LogP contribution in [0.2, 0.25) is 0 Å². The van der Waals surface area contributed by atoms with Crippen LogP contribution >= 0.6 is 15.9 Å². The van der Waals surface area contributed by atoms with Crippen LogP contribution in [0.25, 0.3) is 0 Å². The van der Waals surface area contributed by atoms with Gasteiger partial charge in [-0.2, -0.15) is 0 Å². The van der Waals surface area contributed by atoms with Gasteiger partial charge in [0.05, 0.1) is 12.7 Å². The van der Waals surface area contributed by atoms with Crippen LogP contribution in [0.15, 0.2) is 28.7 Å². The number of nitrogens with one attached hydrogen (secondary N) is 2. The SMILES string of the molecule is C[C@H](C(N)=O)[NH+](C)CC(=O)Nc1ccccc1Br. The van der Waals surface area contributed by atoms with Crippen molar-refractivity contribution in [3.8, 4) is 0 Å². The molecule has 2 amide bonds. The van der Waals surface area contributed by atoms with Gasteiger partial charge in [0.1, 0.15) is 0 Å². The van der Waals surface area contributed by atoms with E-state index in [2.05, 4.69) is 21.2 Å². The van der Waals surface area contributed by atoms with Gasteiger partial charge in [0.2, 0.25) is 0 Å². The number of amides is 2. The Bertz CT molecular complexity index is 451. The van der Waals surface area contributed by atoms with Crippen LogP contribution in [-0.2, 0) is 9.59 Å². The Kier molecular flexibility index (Phi) is 5.30. The van der Waals surface area contributed by atoms with E-state index in [0.29, 0.717) is 5.69 Å². The maximum atomic E-state index is 11.8. The van der Waals surface area contributed by atoms with Crippen LogP contribution in [0.4, 0.5) is 5.69 Å². The summed E-state index contributed by atoms with van der Waals surface area (Å²) in [5.41, 5.74) is 5.90. The Morgan fingerprint density at radius 1 is 1.44 bits per heavy atom. The van der Waals surface area contributed by atoms with Crippen molar-refractivity contribution in [3.63, 3.8) is 0 Å². The van der Waals surface area contributed by atoms with Crippen LogP contribution in [0.5, 0.6) is 0 Å². The first-order valence-corrected chi connectivity index (χ1v) is 6.37. The van der Waals surface area contributed by atoms with E-state index in [4.69, 9.17) is 5.73 Å². The number of nitrogens with two attached hydrogens (primary N) is 1. The number of hydrogen-bond donors (Lipinski definition) is 3. The van der Waals surface area contributed by atoms with E-state index in [0.717, 1.165) is 9.37 Å². The zero-order chi connectivity index (χ0) is 13.7.